The van der Waals surface area contributed by atoms with E-state index in [9.17, 15) is 8.42 Å². The SMILES string of the molecule is N=C(N)C1CCCCN1S(=O)(=O)c1cn[nH]c1. The molecule has 7 nitrogen and oxygen atoms in total. The zero-order valence-electron chi connectivity index (χ0n) is 9.26. The van der Waals surface area contributed by atoms with E-state index in [-0.39, 0.29) is 10.7 Å². The number of nitrogens with zero attached hydrogens (tertiary/aromatic N) is 2. The Morgan fingerprint density at radius 3 is 2.94 bits per heavy atom. The predicted octanol–water partition coefficient (Wildman–Crippen LogP) is -0.111. The molecule has 94 valence electrons. The number of piperidine rings is 1. The van der Waals surface area contributed by atoms with Crippen LogP contribution in [0, 0.1) is 5.41 Å². The highest BCUT2D eigenvalue weighted by atomic mass is 32.2. The Bertz CT molecular complexity index is 495. The minimum absolute atomic E-state index is 0.100. The van der Waals surface area contributed by atoms with Crippen molar-refractivity contribution in [2.45, 2.75) is 30.2 Å². The van der Waals surface area contributed by atoms with E-state index in [1.807, 2.05) is 0 Å². The molecular weight excluding hydrogens is 242 g/mol. The maximum atomic E-state index is 12.3. The highest BCUT2D eigenvalue weighted by molar-refractivity contribution is 7.89. The van der Waals surface area contributed by atoms with Gasteiger partial charge in [0.25, 0.3) is 0 Å². The van der Waals surface area contributed by atoms with Crippen LogP contribution in [0.4, 0.5) is 0 Å². The molecule has 1 aromatic rings. The van der Waals surface area contributed by atoms with Crippen molar-refractivity contribution in [1.29, 1.82) is 5.41 Å². The molecule has 0 radical (unpaired) electrons. The maximum Gasteiger partial charge on any atom is 0.246 e. The summed E-state index contributed by atoms with van der Waals surface area (Å²) in [7, 11) is -3.59. The molecule has 1 aromatic heterocycles. The average Bonchev–Trinajstić information content (AvgIpc) is 2.83. The molecule has 0 bridgehead atoms. The van der Waals surface area contributed by atoms with Crippen LogP contribution in [-0.2, 0) is 10.0 Å². The number of hydrogen-bond acceptors (Lipinski definition) is 4. The summed E-state index contributed by atoms with van der Waals surface area (Å²) in [6, 6.07) is -0.524. The Balaban J connectivity index is 2.34. The fourth-order valence-electron chi connectivity index (χ4n) is 2.02. The minimum atomic E-state index is -3.59. The predicted molar refractivity (Wildman–Crippen MR) is 62.0 cm³/mol. The largest absolute Gasteiger partial charge is 0.386 e. The first-order valence-electron chi connectivity index (χ1n) is 5.38. The van der Waals surface area contributed by atoms with Crippen LogP contribution >= 0.6 is 0 Å². The number of H-pyrrole nitrogens is 1. The molecule has 0 aromatic carbocycles. The normalized spacial score (nSPS) is 22.5. The van der Waals surface area contributed by atoms with Gasteiger partial charge in [0.15, 0.2) is 0 Å². The van der Waals surface area contributed by atoms with E-state index in [0.717, 1.165) is 12.8 Å². The van der Waals surface area contributed by atoms with Gasteiger partial charge in [-0.2, -0.15) is 9.40 Å². The number of sulfonamides is 1. The number of hydrogen-bond donors (Lipinski definition) is 3. The van der Waals surface area contributed by atoms with Crippen molar-refractivity contribution >= 4 is 15.9 Å². The lowest BCUT2D eigenvalue weighted by molar-refractivity contribution is 0.303. The van der Waals surface area contributed by atoms with Crippen molar-refractivity contribution in [3.63, 3.8) is 0 Å². The summed E-state index contributed by atoms with van der Waals surface area (Å²) in [6.45, 7) is 0.401. The van der Waals surface area contributed by atoms with Crippen LogP contribution in [0.3, 0.4) is 0 Å². The molecular formula is C9H15N5O2S. The summed E-state index contributed by atoms with van der Waals surface area (Å²) < 4.78 is 25.8. The van der Waals surface area contributed by atoms with Gasteiger partial charge in [0.1, 0.15) is 10.7 Å². The quantitative estimate of drug-likeness (QED) is 0.517. The van der Waals surface area contributed by atoms with Gasteiger partial charge in [0.05, 0.1) is 12.2 Å². The van der Waals surface area contributed by atoms with Crippen LogP contribution < -0.4 is 5.73 Å². The van der Waals surface area contributed by atoms with Crippen molar-refractivity contribution in [3.05, 3.63) is 12.4 Å². The summed E-state index contributed by atoms with van der Waals surface area (Å²) in [5.74, 6) is -0.100. The van der Waals surface area contributed by atoms with Gasteiger partial charge in [0, 0.05) is 12.7 Å². The Morgan fingerprint density at radius 2 is 2.35 bits per heavy atom. The third-order valence-electron chi connectivity index (χ3n) is 2.89. The van der Waals surface area contributed by atoms with Crippen LogP contribution in [0.25, 0.3) is 0 Å². The van der Waals surface area contributed by atoms with Gasteiger partial charge >= 0.3 is 0 Å². The highest BCUT2D eigenvalue weighted by Gasteiger charge is 2.35. The molecule has 17 heavy (non-hydrogen) atoms. The number of aromatic amines is 1. The summed E-state index contributed by atoms with van der Waals surface area (Å²) in [5.41, 5.74) is 5.46. The van der Waals surface area contributed by atoms with E-state index in [0.29, 0.717) is 13.0 Å². The van der Waals surface area contributed by atoms with Gasteiger partial charge in [-0.15, -0.1) is 0 Å². The summed E-state index contributed by atoms with van der Waals surface area (Å²) in [5, 5.41) is 13.6. The molecule has 1 atom stereocenters. The lowest BCUT2D eigenvalue weighted by Crippen LogP contribution is -2.50. The van der Waals surface area contributed by atoms with Gasteiger partial charge in [-0.1, -0.05) is 6.42 Å². The lowest BCUT2D eigenvalue weighted by Gasteiger charge is -2.33. The number of nitrogens with two attached hydrogens (primary N) is 1. The van der Waals surface area contributed by atoms with Gasteiger partial charge < -0.3 is 5.73 Å². The van der Waals surface area contributed by atoms with Crippen LogP contribution in [0.15, 0.2) is 17.3 Å². The zero-order valence-corrected chi connectivity index (χ0v) is 10.1. The first kappa shape index (κ1) is 12.1. The van der Waals surface area contributed by atoms with Crippen molar-refractivity contribution in [2.24, 2.45) is 5.73 Å². The first-order chi connectivity index (χ1) is 8.03. The molecule has 4 N–H and O–H groups in total. The molecule has 0 aliphatic carbocycles. The van der Waals surface area contributed by atoms with Gasteiger partial charge in [-0.25, -0.2) is 8.42 Å². The second-order valence-electron chi connectivity index (χ2n) is 4.02. The van der Waals surface area contributed by atoms with Crippen LogP contribution in [-0.4, -0.2) is 41.3 Å². The fraction of sp³-hybridized carbons (Fsp3) is 0.556. The monoisotopic (exact) mass is 257 g/mol. The number of aromatic nitrogens is 2. The van der Waals surface area contributed by atoms with Crippen LogP contribution in [0.1, 0.15) is 19.3 Å². The molecule has 0 saturated carbocycles. The molecule has 8 heteroatoms. The summed E-state index contributed by atoms with van der Waals surface area (Å²) in [4.78, 5) is 0.116. The highest BCUT2D eigenvalue weighted by Crippen LogP contribution is 2.24. The van der Waals surface area contributed by atoms with E-state index < -0.39 is 16.1 Å². The average molecular weight is 257 g/mol. The van der Waals surface area contributed by atoms with Crippen molar-refractivity contribution in [2.75, 3.05) is 6.54 Å². The third-order valence-corrected chi connectivity index (χ3v) is 4.77. The fourth-order valence-corrected chi connectivity index (χ4v) is 3.60. The van der Waals surface area contributed by atoms with E-state index in [2.05, 4.69) is 10.2 Å². The maximum absolute atomic E-state index is 12.3. The first-order valence-corrected chi connectivity index (χ1v) is 6.82. The van der Waals surface area contributed by atoms with E-state index in [4.69, 9.17) is 11.1 Å². The van der Waals surface area contributed by atoms with Gasteiger partial charge in [-0.3, -0.25) is 10.5 Å². The van der Waals surface area contributed by atoms with Crippen molar-refractivity contribution < 1.29 is 8.42 Å². The second-order valence-corrected chi connectivity index (χ2v) is 5.91. The molecule has 0 spiro atoms. The van der Waals surface area contributed by atoms with E-state index in [1.165, 1.54) is 16.7 Å². The summed E-state index contributed by atoms with van der Waals surface area (Å²) >= 11 is 0. The second kappa shape index (κ2) is 4.46. The van der Waals surface area contributed by atoms with Crippen LogP contribution in [0.5, 0.6) is 0 Å². The molecule has 1 aliphatic heterocycles. The summed E-state index contributed by atoms with van der Waals surface area (Å²) in [6.07, 6.45) is 4.89. The smallest absolute Gasteiger partial charge is 0.246 e. The molecule has 2 rings (SSSR count). The number of amidine groups is 1. The zero-order chi connectivity index (χ0) is 12.5. The Morgan fingerprint density at radius 1 is 1.59 bits per heavy atom. The molecule has 1 aliphatic rings. The topological polar surface area (TPSA) is 116 Å². The lowest BCUT2D eigenvalue weighted by atomic mass is 10.0. The van der Waals surface area contributed by atoms with Crippen molar-refractivity contribution in [1.82, 2.24) is 14.5 Å². The third kappa shape index (κ3) is 2.18. The Hall–Kier alpha value is -1.41. The van der Waals surface area contributed by atoms with Crippen molar-refractivity contribution in [3.8, 4) is 0 Å². The Kier molecular flexibility index (Phi) is 3.16. The van der Waals surface area contributed by atoms with Gasteiger partial charge in [-0.05, 0) is 12.8 Å². The Labute approximate surface area is 99.6 Å². The van der Waals surface area contributed by atoms with Gasteiger partial charge in [0.2, 0.25) is 10.0 Å². The minimum Gasteiger partial charge on any atom is -0.386 e. The standard InChI is InChI=1S/C9H15N5O2S/c10-9(11)8-3-1-2-4-14(8)17(15,16)7-5-12-13-6-7/h5-6,8H,1-4H2,(H3,10,11)(H,12,13). The van der Waals surface area contributed by atoms with Crippen LogP contribution in [0.2, 0.25) is 0 Å². The molecule has 1 fully saturated rings. The molecule has 1 saturated heterocycles. The number of nitrogens with one attached hydrogen (secondary N) is 2. The molecule has 0 amide bonds. The molecule has 2 heterocycles. The molecule has 1 unspecified atom stereocenters. The number of rotatable bonds is 3. The van der Waals surface area contributed by atoms with E-state index >= 15 is 0 Å². The van der Waals surface area contributed by atoms with E-state index in [1.54, 1.807) is 0 Å².